The average Bonchev–Trinajstić information content (AvgIpc) is 2.58. The van der Waals surface area contributed by atoms with Gasteiger partial charge in [0, 0.05) is 29.4 Å². The standard InChI is InChI=1S/C19H22BrN3O/c1-13-5-7-23(8-6-13)19(24)15-10-17(12-21-11-15)22-16-3-4-18(20)14(2)9-16/h3-4,9-13,22H,5-8H2,1-2H3. The summed E-state index contributed by atoms with van der Waals surface area (Å²) in [5.41, 5.74) is 3.60. The van der Waals surface area contributed by atoms with Crippen molar-refractivity contribution in [2.24, 2.45) is 5.92 Å². The molecule has 0 atom stereocenters. The number of pyridine rings is 1. The molecule has 1 aromatic heterocycles. The molecule has 126 valence electrons. The van der Waals surface area contributed by atoms with Gasteiger partial charge in [0.15, 0.2) is 0 Å². The topological polar surface area (TPSA) is 45.2 Å². The molecule has 0 bridgehead atoms. The largest absolute Gasteiger partial charge is 0.354 e. The third kappa shape index (κ3) is 3.96. The number of aryl methyl sites for hydroxylation is 1. The normalized spacial score (nSPS) is 15.4. The minimum absolute atomic E-state index is 0.0741. The van der Waals surface area contributed by atoms with E-state index in [2.05, 4.69) is 39.2 Å². The van der Waals surface area contributed by atoms with E-state index in [0.717, 1.165) is 47.3 Å². The molecule has 1 N–H and O–H groups in total. The molecule has 0 aliphatic carbocycles. The number of rotatable bonds is 3. The van der Waals surface area contributed by atoms with Gasteiger partial charge in [-0.15, -0.1) is 0 Å². The Morgan fingerprint density at radius 1 is 1.21 bits per heavy atom. The van der Waals surface area contributed by atoms with Gasteiger partial charge in [0.2, 0.25) is 0 Å². The molecule has 24 heavy (non-hydrogen) atoms. The minimum Gasteiger partial charge on any atom is -0.354 e. The second kappa shape index (κ2) is 7.34. The molecule has 2 aromatic rings. The zero-order valence-corrected chi connectivity index (χ0v) is 15.6. The fraction of sp³-hybridized carbons (Fsp3) is 0.368. The SMILES string of the molecule is Cc1cc(Nc2cncc(C(=O)N3CCC(C)CC3)c2)ccc1Br. The number of hydrogen-bond acceptors (Lipinski definition) is 3. The summed E-state index contributed by atoms with van der Waals surface area (Å²) < 4.78 is 1.08. The van der Waals surface area contributed by atoms with E-state index in [9.17, 15) is 4.79 Å². The third-order valence-corrected chi connectivity index (χ3v) is 5.39. The maximum Gasteiger partial charge on any atom is 0.255 e. The van der Waals surface area contributed by atoms with Crippen molar-refractivity contribution >= 4 is 33.2 Å². The molecule has 3 rings (SSSR count). The molecule has 1 saturated heterocycles. The first-order valence-electron chi connectivity index (χ1n) is 8.30. The number of aromatic nitrogens is 1. The van der Waals surface area contributed by atoms with Crippen molar-refractivity contribution in [1.29, 1.82) is 0 Å². The van der Waals surface area contributed by atoms with E-state index in [-0.39, 0.29) is 5.91 Å². The fourth-order valence-corrected chi connectivity index (χ4v) is 3.16. The molecule has 1 aromatic carbocycles. The van der Waals surface area contributed by atoms with Crippen molar-refractivity contribution in [1.82, 2.24) is 9.88 Å². The highest BCUT2D eigenvalue weighted by molar-refractivity contribution is 9.10. The lowest BCUT2D eigenvalue weighted by Gasteiger charge is -2.30. The van der Waals surface area contributed by atoms with E-state index < -0.39 is 0 Å². The smallest absolute Gasteiger partial charge is 0.255 e. The summed E-state index contributed by atoms with van der Waals surface area (Å²) in [6.07, 6.45) is 5.55. The number of piperidine rings is 1. The van der Waals surface area contributed by atoms with Crippen molar-refractivity contribution < 1.29 is 4.79 Å². The van der Waals surface area contributed by atoms with Gasteiger partial charge >= 0.3 is 0 Å². The van der Waals surface area contributed by atoms with Crippen LogP contribution in [0.2, 0.25) is 0 Å². The highest BCUT2D eigenvalue weighted by Crippen LogP contribution is 2.24. The van der Waals surface area contributed by atoms with Crippen LogP contribution >= 0.6 is 15.9 Å². The molecule has 5 heteroatoms. The number of likely N-dealkylation sites (tertiary alicyclic amines) is 1. The number of carbonyl (C=O) groups is 1. The van der Waals surface area contributed by atoms with Crippen LogP contribution in [-0.4, -0.2) is 28.9 Å². The quantitative estimate of drug-likeness (QED) is 0.824. The van der Waals surface area contributed by atoms with Crippen molar-refractivity contribution in [3.63, 3.8) is 0 Å². The van der Waals surface area contributed by atoms with Crippen LogP contribution in [0.25, 0.3) is 0 Å². The average molecular weight is 388 g/mol. The summed E-state index contributed by atoms with van der Waals surface area (Å²) in [5.74, 6) is 0.783. The highest BCUT2D eigenvalue weighted by atomic mass is 79.9. The van der Waals surface area contributed by atoms with Crippen molar-refractivity contribution in [2.75, 3.05) is 18.4 Å². The van der Waals surface area contributed by atoms with E-state index in [1.807, 2.05) is 30.0 Å². The van der Waals surface area contributed by atoms with Crippen LogP contribution in [0.1, 0.15) is 35.7 Å². The first kappa shape index (κ1) is 17.0. The van der Waals surface area contributed by atoms with Crippen LogP contribution in [0.15, 0.2) is 41.1 Å². The van der Waals surface area contributed by atoms with Crippen molar-refractivity contribution in [3.05, 3.63) is 52.3 Å². The fourth-order valence-electron chi connectivity index (χ4n) is 2.91. The Kier molecular flexibility index (Phi) is 5.19. The number of hydrogen-bond donors (Lipinski definition) is 1. The van der Waals surface area contributed by atoms with Gasteiger partial charge in [0.1, 0.15) is 0 Å². The third-order valence-electron chi connectivity index (χ3n) is 4.50. The molecular formula is C19H22BrN3O. The van der Waals surface area contributed by atoms with Crippen molar-refractivity contribution in [2.45, 2.75) is 26.7 Å². The van der Waals surface area contributed by atoms with Gasteiger partial charge in [-0.3, -0.25) is 9.78 Å². The first-order chi connectivity index (χ1) is 11.5. The van der Waals surface area contributed by atoms with E-state index in [1.54, 1.807) is 12.4 Å². The molecular weight excluding hydrogens is 366 g/mol. The van der Waals surface area contributed by atoms with Crippen LogP contribution in [0.4, 0.5) is 11.4 Å². The van der Waals surface area contributed by atoms with Gasteiger partial charge in [-0.1, -0.05) is 22.9 Å². The number of halogens is 1. The number of anilines is 2. The predicted molar refractivity (Wildman–Crippen MR) is 101 cm³/mol. The molecule has 0 spiro atoms. The molecule has 1 amide bonds. The highest BCUT2D eigenvalue weighted by Gasteiger charge is 2.21. The zero-order valence-electron chi connectivity index (χ0n) is 14.1. The summed E-state index contributed by atoms with van der Waals surface area (Å²) in [7, 11) is 0. The summed E-state index contributed by atoms with van der Waals surface area (Å²) in [6.45, 7) is 5.96. The molecule has 0 unspecified atom stereocenters. The second-order valence-corrected chi connectivity index (χ2v) is 7.38. The van der Waals surface area contributed by atoms with Crippen LogP contribution in [0, 0.1) is 12.8 Å². The van der Waals surface area contributed by atoms with Crippen LogP contribution < -0.4 is 5.32 Å². The van der Waals surface area contributed by atoms with Gasteiger partial charge in [0.25, 0.3) is 5.91 Å². The zero-order chi connectivity index (χ0) is 17.1. The van der Waals surface area contributed by atoms with Gasteiger partial charge in [-0.25, -0.2) is 0 Å². The van der Waals surface area contributed by atoms with Gasteiger partial charge in [0.05, 0.1) is 17.4 Å². The second-order valence-electron chi connectivity index (χ2n) is 6.53. The maximum absolute atomic E-state index is 12.7. The molecule has 0 radical (unpaired) electrons. The Hall–Kier alpha value is -1.88. The van der Waals surface area contributed by atoms with Crippen molar-refractivity contribution in [3.8, 4) is 0 Å². The minimum atomic E-state index is 0.0741. The Labute approximate surface area is 151 Å². The van der Waals surface area contributed by atoms with E-state index in [0.29, 0.717) is 11.5 Å². The van der Waals surface area contributed by atoms with E-state index in [4.69, 9.17) is 0 Å². The molecule has 2 heterocycles. The molecule has 1 fully saturated rings. The number of nitrogens with zero attached hydrogens (tertiary/aromatic N) is 2. The lowest BCUT2D eigenvalue weighted by molar-refractivity contribution is 0.0697. The summed E-state index contributed by atoms with van der Waals surface area (Å²) >= 11 is 3.50. The van der Waals surface area contributed by atoms with Gasteiger partial charge in [-0.2, -0.15) is 0 Å². The lowest BCUT2D eigenvalue weighted by Crippen LogP contribution is -2.37. The van der Waals surface area contributed by atoms with Crippen LogP contribution in [0.5, 0.6) is 0 Å². The van der Waals surface area contributed by atoms with E-state index in [1.165, 1.54) is 0 Å². The number of amides is 1. The maximum atomic E-state index is 12.7. The Morgan fingerprint density at radius 3 is 2.67 bits per heavy atom. The molecule has 4 nitrogen and oxygen atoms in total. The number of carbonyl (C=O) groups excluding carboxylic acids is 1. The van der Waals surface area contributed by atoms with Crippen LogP contribution in [-0.2, 0) is 0 Å². The Morgan fingerprint density at radius 2 is 1.96 bits per heavy atom. The summed E-state index contributed by atoms with van der Waals surface area (Å²) in [6, 6.07) is 7.95. The van der Waals surface area contributed by atoms with Gasteiger partial charge in [-0.05, 0) is 55.5 Å². The predicted octanol–water partition coefficient (Wildman–Crippen LogP) is 4.77. The Bertz CT molecular complexity index is 739. The molecule has 0 saturated carbocycles. The summed E-state index contributed by atoms with van der Waals surface area (Å²) in [4.78, 5) is 18.8. The summed E-state index contributed by atoms with van der Waals surface area (Å²) in [5, 5.41) is 3.32. The van der Waals surface area contributed by atoms with Gasteiger partial charge < -0.3 is 10.2 Å². The number of nitrogens with one attached hydrogen (secondary N) is 1. The Balaban J connectivity index is 1.73. The first-order valence-corrected chi connectivity index (χ1v) is 9.10. The monoisotopic (exact) mass is 387 g/mol. The number of benzene rings is 1. The lowest BCUT2D eigenvalue weighted by atomic mass is 9.99. The molecule has 1 aliphatic rings. The van der Waals surface area contributed by atoms with E-state index >= 15 is 0 Å². The molecule has 1 aliphatic heterocycles. The van der Waals surface area contributed by atoms with Crippen LogP contribution in [0.3, 0.4) is 0 Å².